The number of rotatable bonds is 4. The lowest BCUT2D eigenvalue weighted by Gasteiger charge is -2.05. The second-order valence-corrected chi connectivity index (χ2v) is 7.57. The van der Waals surface area contributed by atoms with Crippen molar-refractivity contribution in [2.24, 2.45) is 7.05 Å². The monoisotopic (exact) mass is 376 g/mol. The molecule has 27 heavy (non-hydrogen) atoms. The van der Waals surface area contributed by atoms with Crippen molar-refractivity contribution in [3.05, 3.63) is 71.0 Å². The van der Waals surface area contributed by atoms with Crippen LogP contribution in [0.3, 0.4) is 0 Å². The van der Waals surface area contributed by atoms with Gasteiger partial charge in [0.1, 0.15) is 5.01 Å². The average molecular weight is 376 g/mol. The molecular formula is C21H20N4OS. The summed E-state index contributed by atoms with van der Waals surface area (Å²) in [7, 11) is 1.94. The predicted molar refractivity (Wildman–Crippen MR) is 109 cm³/mol. The van der Waals surface area contributed by atoms with Crippen LogP contribution in [0.15, 0.2) is 48.5 Å². The molecule has 5 nitrogen and oxygen atoms in total. The van der Waals surface area contributed by atoms with E-state index in [9.17, 15) is 4.79 Å². The molecule has 0 aliphatic rings. The van der Waals surface area contributed by atoms with Crippen molar-refractivity contribution in [3.8, 4) is 10.6 Å². The molecule has 0 aliphatic carbocycles. The number of fused-ring (bicyclic) bond motifs is 1. The molecule has 2 aromatic carbocycles. The van der Waals surface area contributed by atoms with Crippen LogP contribution in [0.1, 0.15) is 27.3 Å². The van der Waals surface area contributed by atoms with E-state index in [-0.39, 0.29) is 5.91 Å². The first-order chi connectivity index (χ1) is 13.0. The van der Waals surface area contributed by atoms with Crippen LogP contribution in [0.5, 0.6) is 0 Å². The molecule has 1 amide bonds. The number of carbonyl (C=O) groups is 1. The lowest BCUT2D eigenvalue weighted by Crippen LogP contribution is -2.22. The van der Waals surface area contributed by atoms with Crippen molar-refractivity contribution < 1.29 is 4.79 Å². The van der Waals surface area contributed by atoms with Crippen molar-refractivity contribution in [2.75, 3.05) is 0 Å². The molecule has 1 N–H and O–H groups in total. The largest absolute Gasteiger partial charge is 0.348 e. The van der Waals surface area contributed by atoms with E-state index < -0.39 is 0 Å². The molecule has 136 valence electrons. The van der Waals surface area contributed by atoms with Crippen LogP contribution in [0, 0.1) is 13.8 Å². The van der Waals surface area contributed by atoms with E-state index in [1.807, 2.05) is 74.1 Å². The molecular weight excluding hydrogens is 356 g/mol. The summed E-state index contributed by atoms with van der Waals surface area (Å²) < 4.78 is 2.87. The first-order valence-corrected chi connectivity index (χ1v) is 9.58. The molecule has 2 aromatic heterocycles. The van der Waals surface area contributed by atoms with Gasteiger partial charge in [0, 0.05) is 24.8 Å². The smallest absolute Gasteiger partial charge is 0.251 e. The number of benzene rings is 2. The fourth-order valence-electron chi connectivity index (χ4n) is 3.14. The molecule has 6 heteroatoms. The fraction of sp³-hybridized carbons (Fsp3) is 0.190. The number of nitrogens with zero attached hydrogens (tertiary/aromatic N) is 3. The van der Waals surface area contributed by atoms with Crippen LogP contribution in [0.2, 0.25) is 0 Å². The molecule has 0 unspecified atom stereocenters. The van der Waals surface area contributed by atoms with E-state index in [0.29, 0.717) is 12.1 Å². The lowest BCUT2D eigenvalue weighted by atomic mass is 10.2. The van der Waals surface area contributed by atoms with E-state index in [2.05, 4.69) is 10.4 Å². The Labute approximate surface area is 161 Å². The minimum Gasteiger partial charge on any atom is -0.348 e. The Hall–Kier alpha value is -2.99. The number of thiazole rings is 1. The van der Waals surface area contributed by atoms with Crippen molar-refractivity contribution in [3.63, 3.8) is 0 Å². The summed E-state index contributed by atoms with van der Waals surface area (Å²) in [5.41, 5.74) is 5.76. The summed E-state index contributed by atoms with van der Waals surface area (Å²) in [4.78, 5) is 17.3. The highest BCUT2D eigenvalue weighted by Gasteiger charge is 2.16. The maximum Gasteiger partial charge on any atom is 0.251 e. The average Bonchev–Trinajstić information content (AvgIpc) is 3.19. The number of nitrogens with one attached hydrogen (secondary N) is 1. The molecule has 4 rings (SSSR count). The van der Waals surface area contributed by atoms with Crippen LogP contribution < -0.4 is 5.32 Å². The standard InChI is InChI=1S/C21H20N4OS/c1-13-19(14(2)25(3)24-13)21-23-17-10-9-16(11-18(17)27-21)20(26)22-12-15-7-5-4-6-8-15/h4-11H,12H2,1-3H3,(H,22,26). The molecule has 0 saturated heterocycles. The topological polar surface area (TPSA) is 59.8 Å². The van der Waals surface area contributed by atoms with Gasteiger partial charge in [-0.2, -0.15) is 5.10 Å². The Morgan fingerprint density at radius 3 is 2.63 bits per heavy atom. The number of hydrogen-bond acceptors (Lipinski definition) is 4. The predicted octanol–water partition coefficient (Wildman–Crippen LogP) is 4.24. The quantitative estimate of drug-likeness (QED) is 0.579. The summed E-state index contributed by atoms with van der Waals surface area (Å²) in [5.74, 6) is -0.0792. The third kappa shape index (κ3) is 3.36. The Morgan fingerprint density at radius 1 is 1.15 bits per heavy atom. The number of aryl methyl sites for hydroxylation is 2. The van der Waals surface area contributed by atoms with Crippen LogP contribution >= 0.6 is 11.3 Å². The molecule has 0 atom stereocenters. The Balaban J connectivity index is 1.60. The number of aromatic nitrogens is 3. The van der Waals surface area contributed by atoms with Crippen molar-refractivity contribution >= 4 is 27.5 Å². The first kappa shape index (κ1) is 17.4. The highest BCUT2D eigenvalue weighted by atomic mass is 32.1. The number of hydrogen-bond donors (Lipinski definition) is 1. The SMILES string of the molecule is Cc1nn(C)c(C)c1-c1nc2ccc(C(=O)NCc3ccccc3)cc2s1. The molecule has 0 spiro atoms. The van der Waals surface area contributed by atoms with Gasteiger partial charge in [-0.1, -0.05) is 30.3 Å². The highest BCUT2D eigenvalue weighted by Crippen LogP contribution is 2.34. The molecule has 0 bridgehead atoms. The number of amides is 1. The molecule has 2 heterocycles. The Kier molecular flexibility index (Phi) is 4.49. The summed E-state index contributed by atoms with van der Waals surface area (Å²) in [6, 6.07) is 15.5. The fourth-order valence-corrected chi connectivity index (χ4v) is 4.29. The Morgan fingerprint density at radius 2 is 1.93 bits per heavy atom. The van der Waals surface area contributed by atoms with Gasteiger partial charge in [-0.3, -0.25) is 9.48 Å². The first-order valence-electron chi connectivity index (χ1n) is 8.76. The highest BCUT2D eigenvalue weighted by molar-refractivity contribution is 7.21. The minimum absolute atomic E-state index is 0.0792. The summed E-state index contributed by atoms with van der Waals surface area (Å²) in [6.45, 7) is 4.56. The second kappa shape index (κ2) is 6.96. The zero-order valence-corrected chi connectivity index (χ0v) is 16.3. The van der Waals surface area contributed by atoms with Gasteiger partial charge in [-0.05, 0) is 37.6 Å². The van der Waals surface area contributed by atoms with Gasteiger partial charge in [0.15, 0.2) is 0 Å². The van der Waals surface area contributed by atoms with Gasteiger partial charge in [0.25, 0.3) is 5.91 Å². The zero-order chi connectivity index (χ0) is 19.0. The van der Waals surface area contributed by atoms with Gasteiger partial charge >= 0.3 is 0 Å². The maximum atomic E-state index is 12.5. The van der Waals surface area contributed by atoms with E-state index >= 15 is 0 Å². The van der Waals surface area contributed by atoms with Gasteiger partial charge in [-0.25, -0.2) is 4.98 Å². The molecule has 0 aliphatic heterocycles. The van der Waals surface area contributed by atoms with E-state index in [0.717, 1.165) is 37.7 Å². The molecule has 0 fully saturated rings. The van der Waals surface area contributed by atoms with Gasteiger partial charge < -0.3 is 5.32 Å². The number of carbonyl (C=O) groups excluding carboxylic acids is 1. The minimum atomic E-state index is -0.0792. The Bertz CT molecular complexity index is 1130. The normalized spacial score (nSPS) is 11.1. The van der Waals surface area contributed by atoms with E-state index in [1.54, 1.807) is 11.3 Å². The van der Waals surface area contributed by atoms with Crippen molar-refractivity contribution in [2.45, 2.75) is 20.4 Å². The van der Waals surface area contributed by atoms with Crippen molar-refractivity contribution in [1.82, 2.24) is 20.1 Å². The maximum absolute atomic E-state index is 12.5. The lowest BCUT2D eigenvalue weighted by molar-refractivity contribution is 0.0951. The van der Waals surface area contributed by atoms with Crippen LogP contribution in [-0.2, 0) is 13.6 Å². The zero-order valence-electron chi connectivity index (χ0n) is 15.5. The van der Waals surface area contributed by atoms with E-state index in [1.165, 1.54) is 0 Å². The second-order valence-electron chi connectivity index (χ2n) is 6.54. The van der Waals surface area contributed by atoms with Crippen molar-refractivity contribution in [1.29, 1.82) is 0 Å². The molecule has 0 radical (unpaired) electrons. The third-order valence-corrected chi connectivity index (χ3v) is 5.71. The van der Waals surface area contributed by atoms with Gasteiger partial charge in [0.05, 0.1) is 21.5 Å². The van der Waals surface area contributed by atoms with E-state index in [4.69, 9.17) is 4.98 Å². The molecule has 4 aromatic rings. The van der Waals surface area contributed by atoms with Crippen LogP contribution in [0.4, 0.5) is 0 Å². The summed E-state index contributed by atoms with van der Waals surface area (Å²) in [5, 5.41) is 8.39. The van der Waals surface area contributed by atoms with Crippen LogP contribution in [0.25, 0.3) is 20.8 Å². The molecule has 0 saturated carbocycles. The summed E-state index contributed by atoms with van der Waals surface area (Å²) >= 11 is 1.59. The van der Waals surface area contributed by atoms with Gasteiger partial charge in [-0.15, -0.1) is 11.3 Å². The third-order valence-electron chi connectivity index (χ3n) is 4.67. The van der Waals surface area contributed by atoms with Gasteiger partial charge in [0.2, 0.25) is 0 Å². The summed E-state index contributed by atoms with van der Waals surface area (Å²) in [6.07, 6.45) is 0. The van der Waals surface area contributed by atoms with Crippen LogP contribution in [-0.4, -0.2) is 20.7 Å².